The normalized spacial score (nSPS) is 18.6. The maximum Gasteiger partial charge on any atom is 0.306 e. The second kappa shape index (κ2) is 15.5. The number of amides is 2. The minimum Gasteiger partial charge on any atom is -0.481 e. The van der Waals surface area contributed by atoms with Gasteiger partial charge >= 0.3 is 5.97 Å². The Morgan fingerprint density at radius 1 is 0.962 bits per heavy atom. The summed E-state index contributed by atoms with van der Waals surface area (Å²) >= 11 is 1.67. The van der Waals surface area contributed by atoms with Crippen molar-refractivity contribution in [1.29, 1.82) is 0 Å². The summed E-state index contributed by atoms with van der Waals surface area (Å²) in [5.74, 6) is -0.0273. The lowest BCUT2D eigenvalue weighted by atomic mass is 9.81. The van der Waals surface area contributed by atoms with Crippen LogP contribution in [0.3, 0.4) is 0 Å². The van der Waals surface area contributed by atoms with E-state index in [-0.39, 0.29) is 17.7 Å². The Kier molecular flexibility index (Phi) is 10.8. The van der Waals surface area contributed by atoms with Crippen LogP contribution in [0.1, 0.15) is 83.2 Å². The number of nitrogens with zero attached hydrogens (tertiary/aromatic N) is 6. The van der Waals surface area contributed by atoms with Gasteiger partial charge in [-0.3, -0.25) is 24.2 Å². The molecule has 2 N–H and O–H groups in total. The Morgan fingerprint density at radius 3 is 2.42 bits per heavy atom. The van der Waals surface area contributed by atoms with E-state index in [9.17, 15) is 19.5 Å². The fraction of sp³-hybridized carbons (Fsp3) is 0.488. The molecule has 0 atom stereocenters. The minimum absolute atomic E-state index is 0.136. The van der Waals surface area contributed by atoms with Crippen molar-refractivity contribution in [1.82, 2.24) is 29.2 Å². The number of anilines is 1. The van der Waals surface area contributed by atoms with E-state index in [0.717, 1.165) is 119 Å². The molecule has 0 unspecified atom stereocenters. The van der Waals surface area contributed by atoms with E-state index in [1.54, 1.807) is 11.3 Å². The van der Waals surface area contributed by atoms with Crippen LogP contribution in [-0.4, -0.2) is 85.4 Å². The predicted octanol–water partition coefficient (Wildman–Crippen LogP) is 6.38. The van der Waals surface area contributed by atoms with Gasteiger partial charge in [-0.1, -0.05) is 44.2 Å². The van der Waals surface area contributed by atoms with Gasteiger partial charge in [0.1, 0.15) is 5.01 Å². The van der Waals surface area contributed by atoms with Crippen LogP contribution in [-0.2, 0) is 49.1 Å². The van der Waals surface area contributed by atoms with E-state index in [0.29, 0.717) is 37.9 Å². The van der Waals surface area contributed by atoms with Crippen molar-refractivity contribution in [3.63, 3.8) is 0 Å². The number of rotatable bonds is 11. The van der Waals surface area contributed by atoms with Crippen molar-refractivity contribution >= 4 is 34.8 Å². The van der Waals surface area contributed by atoms with Gasteiger partial charge in [0.2, 0.25) is 5.91 Å². The first kappa shape index (κ1) is 36.9. The van der Waals surface area contributed by atoms with Gasteiger partial charge in [0.05, 0.1) is 36.9 Å². The van der Waals surface area contributed by atoms with Crippen molar-refractivity contribution in [3.05, 3.63) is 75.3 Å². The molecule has 12 heteroatoms. The zero-order valence-electron chi connectivity index (χ0n) is 31.6. The third kappa shape index (κ3) is 7.54. The molecule has 1 aliphatic carbocycles. The van der Waals surface area contributed by atoms with Gasteiger partial charge < -0.3 is 19.9 Å². The first-order chi connectivity index (χ1) is 25.5. The van der Waals surface area contributed by atoms with Crippen LogP contribution in [0.4, 0.5) is 5.69 Å². The highest BCUT2D eigenvalue weighted by Crippen LogP contribution is 2.40. The fourth-order valence-corrected chi connectivity index (χ4v) is 9.52. The molecular formula is C41H51N7O4S. The summed E-state index contributed by atoms with van der Waals surface area (Å²) in [5, 5.41) is 13.6. The molecule has 2 aromatic heterocycles. The van der Waals surface area contributed by atoms with Gasteiger partial charge in [-0.2, -0.15) is 0 Å². The maximum atomic E-state index is 13.9. The van der Waals surface area contributed by atoms with Crippen molar-refractivity contribution in [2.75, 3.05) is 38.5 Å². The van der Waals surface area contributed by atoms with Crippen molar-refractivity contribution < 1.29 is 19.5 Å². The molecule has 280 valence electrons. The molecule has 0 spiro atoms. The number of imidazole rings is 1. The minimum atomic E-state index is -0.665. The van der Waals surface area contributed by atoms with Crippen LogP contribution < -0.4 is 5.32 Å². The second-order valence-corrected chi connectivity index (χ2v) is 16.1. The summed E-state index contributed by atoms with van der Waals surface area (Å²) in [7, 11) is 3.90. The SMILES string of the molecule is CCc1c(NC(=O)c2nc3c(n2C)CCN(C[C@H]2CC[C@H](C(=O)O)CC2)C3)cccc1-c1cccc(-c2nc3c(s2)CN(C(=O)CN(C)CC)C3)c1C. The van der Waals surface area contributed by atoms with Gasteiger partial charge in [0.15, 0.2) is 5.82 Å². The van der Waals surface area contributed by atoms with E-state index >= 15 is 0 Å². The topological polar surface area (TPSA) is 124 Å². The molecule has 1 saturated carbocycles. The monoisotopic (exact) mass is 737 g/mol. The average Bonchev–Trinajstić information content (AvgIpc) is 3.83. The first-order valence-electron chi connectivity index (χ1n) is 19.0. The number of nitrogens with one attached hydrogen (secondary N) is 1. The van der Waals surface area contributed by atoms with Crippen molar-refractivity contribution in [2.24, 2.45) is 18.9 Å². The Bertz CT molecular complexity index is 2000. The molecule has 0 bridgehead atoms. The van der Waals surface area contributed by atoms with Crippen LogP contribution in [0.15, 0.2) is 36.4 Å². The summed E-state index contributed by atoms with van der Waals surface area (Å²) in [4.78, 5) is 55.4. The molecule has 11 nitrogen and oxygen atoms in total. The third-order valence-electron chi connectivity index (χ3n) is 11.6. The van der Waals surface area contributed by atoms with Crippen LogP contribution in [0.25, 0.3) is 21.7 Å². The first-order valence-corrected chi connectivity index (χ1v) is 19.8. The van der Waals surface area contributed by atoms with Crippen molar-refractivity contribution in [3.8, 4) is 21.7 Å². The molecule has 53 heavy (non-hydrogen) atoms. The van der Waals surface area contributed by atoms with Gasteiger partial charge in [-0.25, -0.2) is 9.97 Å². The number of carbonyl (C=O) groups excluding carboxylic acids is 2. The number of hydrogen-bond acceptors (Lipinski definition) is 8. The second-order valence-electron chi connectivity index (χ2n) is 15.0. The molecule has 2 amide bonds. The lowest BCUT2D eigenvalue weighted by Gasteiger charge is -2.33. The number of carboxylic acid groups (broad SMARTS) is 1. The summed E-state index contributed by atoms with van der Waals surface area (Å²) in [5.41, 5.74) is 9.31. The van der Waals surface area contributed by atoms with Crippen LogP contribution in [0.2, 0.25) is 0 Å². The van der Waals surface area contributed by atoms with E-state index in [1.165, 1.54) is 0 Å². The van der Waals surface area contributed by atoms with E-state index < -0.39 is 5.97 Å². The van der Waals surface area contributed by atoms with Gasteiger partial charge in [0, 0.05) is 54.9 Å². The van der Waals surface area contributed by atoms with Crippen LogP contribution in [0, 0.1) is 18.8 Å². The molecule has 2 aromatic carbocycles. The molecule has 0 radical (unpaired) electrons. The number of fused-ring (bicyclic) bond motifs is 2. The summed E-state index contributed by atoms with van der Waals surface area (Å²) < 4.78 is 1.95. The number of benzene rings is 2. The van der Waals surface area contributed by atoms with E-state index in [2.05, 4.69) is 55.3 Å². The number of aromatic nitrogens is 3. The van der Waals surface area contributed by atoms with E-state index in [1.807, 2.05) is 40.6 Å². The molecule has 1 fully saturated rings. The number of carboxylic acids is 1. The molecule has 7 rings (SSSR count). The smallest absolute Gasteiger partial charge is 0.306 e. The number of likely N-dealkylation sites (N-methyl/N-ethyl adjacent to an activating group) is 1. The molecule has 0 saturated heterocycles. The summed E-state index contributed by atoms with van der Waals surface area (Å²) in [6, 6.07) is 12.4. The zero-order valence-corrected chi connectivity index (χ0v) is 32.4. The van der Waals surface area contributed by atoms with Gasteiger partial charge in [0.25, 0.3) is 5.91 Å². The predicted molar refractivity (Wildman–Crippen MR) is 208 cm³/mol. The largest absolute Gasteiger partial charge is 0.481 e. The zero-order chi connectivity index (χ0) is 37.4. The lowest BCUT2D eigenvalue weighted by Crippen LogP contribution is -2.36. The van der Waals surface area contributed by atoms with Crippen LogP contribution >= 0.6 is 11.3 Å². The number of thiazole rings is 1. The number of carbonyl (C=O) groups is 3. The third-order valence-corrected chi connectivity index (χ3v) is 12.7. The lowest BCUT2D eigenvalue weighted by molar-refractivity contribution is -0.143. The Morgan fingerprint density at radius 2 is 1.70 bits per heavy atom. The molecule has 4 aromatic rings. The number of hydrogen-bond donors (Lipinski definition) is 2. The summed E-state index contributed by atoms with van der Waals surface area (Å²) in [6.07, 6.45) is 4.98. The Hall–Kier alpha value is -4.39. The molecule has 3 aliphatic rings. The van der Waals surface area contributed by atoms with Gasteiger partial charge in [-0.05, 0) is 86.9 Å². The Labute approximate surface area is 316 Å². The quantitative estimate of drug-likeness (QED) is 0.182. The highest BCUT2D eigenvalue weighted by molar-refractivity contribution is 7.15. The standard InChI is InChI=1S/C41H51N7O4S/c1-6-28-31(29-10-8-11-30(25(29)3)40-44-34-22-48(23-36(34)53-40)37(49)24-45(4)7-2)12-9-13-32(28)43-39(50)38-42-33-21-47(19-18-35(33)46(38)5)20-26-14-16-27(17-15-26)41(51)52/h8-13,26-27H,6-7,14-24H2,1-5H3,(H,43,50)(H,51,52)/t26-,27-. The van der Waals surface area contributed by atoms with Crippen molar-refractivity contribution in [2.45, 2.75) is 78.9 Å². The molecule has 4 heterocycles. The fourth-order valence-electron chi connectivity index (χ4n) is 8.35. The summed E-state index contributed by atoms with van der Waals surface area (Å²) in [6.45, 7) is 11.3. The highest BCUT2D eigenvalue weighted by Gasteiger charge is 2.31. The average molecular weight is 738 g/mol. The highest BCUT2D eigenvalue weighted by atomic mass is 32.1. The van der Waals surface area contributed by atoms with E-state index in [4.69, 9.17) is 9.97 Å². The number of aliphatic carboxylic acids is 1. The van der Waals surface area contributed by atoms with Gasteiger partial charge in [-0.15, -0.1) is 11.3 Å². The molecule has 2 aliphatic heterocycles. The maximum absolute atomic E-state index is 13.9. The van der Waals surface area contributed by atoms with Crippen LogP contribution in [0.5, 0.6) is 0 Å². The molecular weight excluding hydrogens is 687 g/mol. The Balaban J connectivity index is 1.05.